The van der Waals surface area contributed by atoms with Gasteiger partial charge in [-0.3, -0.25) is 0 Å². The molecule has 0 aliphatic carbocycles. The van der Waals surface area contributed by atoms with Crippen LogP contribution in [0.25, 0.3) is 11.1 Å². The Kier molecular flexibility index (Phi) is 3.46. The Bertz CT molecular complexity index is 590. The van der Waals surface area contributed by atoms with E-state index in [9.17, 15) is 0 Å². The molecule has 0 unspecified atom stereocenters. The second-order valence-electron chi connectivity index (χ2n) is 3.93. The summed E-state index contributed by atoms with van der Waals surface area (Å²) in [6, 6.07) is 13.0. The highest BCUT2D eigenvalue weighted by atomic mass is 32.1. The summed E-state index contributed by atoms with van der Waals surface area (Å²) in [5, 5.41) is 6.43. The van der Waals surface area contributed by atoms with E-state index in [0.717, 1.165) is 0 Å². The Balaban J connectivity index is 2.20. The average Bonchev–Trinajstić information content (AvgIpc) is 3.14. The van der Waals surface area contributed by atoms with E-state index in [-0.39, 0.29) is 0 Å². The van der Waals surface area contributed by atoms with Crippen LogP contribution >= 0.6 is 34.0 Å². The number of thiophene rings is 3. The van der Waals surface area contributed by atoms with Gasteiger partial charge in [-0.05, 0) is 46.8 Å². The highest BCUT2D eigenvalue weighted by Crippen LogP contribution is 2.37. The average molecular weight is 288 g/mol. The lowest BCUT2D eigenvalue weighted by Gasteiger charge is -2.08. The van der Waals surface area contributed by atoms with E-state index in [4.69, 9.17) is 0 Å². The summed E-state index contributed by atoms with van der Waals surface area (Å²) in [5.41, 5.74) is 2.75. The molecule has 3 heteroatoms. The summed E-state index contributed by atoms with van der Waals surface area (Å²) in [5.74, 6) is 0. The quantitative estimate of drug-likeness (QED) is 0.567. The summed E-state index contributed by atoms with van der Waals surface area (Å²) in [4.78, 5) is 4.05. The molecule has 3 aromatic heterocycles. The fourth-order valence-electron chi connectivity index (χ4n) is 1.95. The van der Waals surface area contributed by atoms with Gasteiger partial charge in [0.1, 0.15) is 0 Å². The number of hydrogen-bond donors (Lipinski definition) is 0. The summed E-state index contributed by atoms with van der Waals surface area (Å²) < 4.78 is 0. The molecule has 0 nitrogen and oxygen atoms in total. The van der Waals surface area contributed by atoms with Gasteiger partial charge in [0.05, 0.1) is 0 Å². The van der Waals surface area contributed by atoms with E-state index < -0.39 is 0 Å². The fraction of sp³-hybridized carbons (Fsp3) is 0.0667. The van der Waals surface area contributed by atoms with Crippen molar-refractivity contribution in [3.8, 4) is 0 Å². The van der Waals surface area contributed by atoms with Crippen molar-refractivity contribution in [2.45, 2.75) is 6.92 Å². The molecule has 0 amide bonds. The molecule has 0 fully saturated rings. The van der Waals surface area contributed by atoms with Crippen molar-refractivity contribution < 1.29 is 0 Å². The van der Waals surface area contributed by atoms with Gasteiger partial charge in [-0.2, -0.15) is 0 Å². The molecule has 3 rings (SSSR count). The summed E-state index contributed by atoms with van der Waals surface area (Å²) in [7, 11) is 0. The SMILES string of the molecule is CC(=C(c1cccs1)c1cccs1)c1cccs1. The zero-order valence-electron chi connectivity index (χ0n) is 9.92. The van der Waals surface area contributed by atoms with Crippen LogP contribution in [-0.2, 0) is 0 Å². The summed E-state index contributed by atoms with van der Waals surface area (Å²) in [6.45, 7) is 2.22. The minimum Gasteiger partial charge on any atom is -0.144 e. The predicted molar refractivity (Wildman–Crippen MR) is 84.5 cm³/mol. The van der Waals surface area contributed by atoms with E-state index in [2.05, 4.69) is 59.5 Å². The number of allylic oxidation sites excluding steroid dienone is 1. The van der Waals surface area contributed by atoms with Crippen molar-refractivity contribution in [2.24, 2.45) is 0 Å². The van der Waals surface area contributed by atoms with Crippen molar-refractivity contribution in [3.05, 3.63) is 67.2 Å². The standard InChI is InChI=1S/C15H12S3/c1-11(12-5-2-8-16-12)15(13-6-3-9-17-13)14-7-4-10-18-14/h2-10H,1H3. The third kappa shape index (κ3) is 2.21. The van der Waals surface area contributed by atoms with Crippen LogP contribution in [-0.4, -0.2) is 0 Å². The first kappa shape index (κ1) is 11.9. The Labute approximate surface area is 119 Å². The van der Waals surface area contributed by atoms with Crippen molar-refractivity contribution in [3.63, 3.8) is 0 Å². The molecule has 0 radical (unpaired) electrons. The normalized spacial score (nSPS) is 10.5. The first-order valence-corrected chi connectivity index (χ1v) is 8.32. The van der Waals surface area contributed by atoms with Crippen LogP contribution in [0.2, 0.25) is 0 Å². The maximum Gasteiger partial charge on any atom is 0.0360 e. The smallest absolute Gasteiger partial charge is 0.0360 e. The Hall–Kier alpha value is -1.16. The minimum absolute atomic E-state index is 1.35. The first-order valence-electron chi connectivity index (χ1n) is 5.69. The van der Waals surface area contributed by atoms with Gasteiger partial charge in [0, 0.05) is 20.2 Å². The lowest BCUT2D eigenvalue weighted by molar-refractivity contribution is 1.68. The first-order chi connectivity index (χ1) is 8.86. The zero-order chi connectivity index (χ0) is 12.4. The van der Waals surface area contributed by atoms with Crippen LogP contribution in [0, 0.1) is 0 Å². The predicted octanol–water partition coefficient (Wildman–Crippen LogP) is 5.85. The van der Waals surface area contributed by atoms with Crippen LogP contribution in [0.5, 0.6) is 0 Å². The Morgan fingerprint density at radius 3 is 1.56 bits per heavy atom. The van der Waals surface area contributed by atoms with Gasteiger partial charge in [-0.15, -0.1) is 34.0 Å². The van der Waals surface area contributed by atoms with E-state index >= 15 is 0 Å². The molecule has 0 bridgehead atoms. The van der Waals surface area contributed by atoms with Crippen LogP contribution in [0.4, 0.5) is 0 Å². The Morgan fingerprint density at radius 2 is 1.17 bits per heavy atom. The van der Waals surface area contributed by atoms with Gasteiger partial charge in [-0.25, -0.2) is 0 Å². The maximum absolute atomic E-state index is 2.22. The lowest BCUT2D eigenvalue weighted by Crippen LogP contribution is -1.85. The number of rotatable bonds is 3. The van der Waals surface area contributed by atoms with Crippen molar-refractivity contribution in [2.75, 3.05) is 0 Å². The van der Waals surface area contributed by atoms with Crippen molar-refractivity contribution in [1.82, 2.24) is 0 Å². The van der Waals surface area contributed by atoms with E-state index in [1.165, 1.54) is 25.8 Å². The highest BCUT2D eigenvalue weighted by molar-refractivity contribution is 7.14. The molecule has 3 heterocycles. The van der Waals surface area contributed by atoms with Gasteiger partial charge in [-0.1, -0.05) is 18.2 Å². The third-order valence-electron chi connectivity index (χ3n) is 2.80. The topological polar surface area (TPSA) is 0 Å². The molecule has 18 heavy (non-hydrogen) atoms. The molecule has 0 atom stereocenters. The van der Waals surface area contributed by atoms with Crippen LogP contribution in [0.1, 0.15) is 21.6 Å². The molecular weight excluding hydrogens is 276 g/mol. The van der Waals surface area contributed by atoms with Crippen molar-refractivity contribution >= 4 is 45.2 Å². The molecule has 0 aromatic carbocycles. The molecule has 90 valence electrons. The van der Waals surface area contributed by atoms with Crippen LogP contribution < -0.4 is 0 Å². The molecule has 0 saturated carbocycles. The molecule has 0 spiro atoms. The maximum atomic E-state index is 2.22. The van der Waals surface area contributed by atoms with Gasteiger partial charge in [0.25, 0.3) is 0 Å². The van der Waals surface area contributed by atoms with Gasteiger partial charge >= 0.3 is 0 Å². The van der Waals surface area contributed by atoms with Gasteiger partial charge < -0.3 is 0 Å². The van der Waals surface area contributed by atoms with Gasteiger partial charge in [0.15, 0.2) is 0 Å². The lowest BCUT2D eigenvalue weighted by atomic mass is 10.1. The third-order valence-corrected chi connectivity index (χ3v) is 5.57. The van der Waals surface area contributed by atoms with E-state index in [1.807, 2.05) is 22.7 Å². The van der Waals surface area contributed by atoms with Crippen LogP contribution in [0.15, 0.2) is 52.5 Å². The Morgan fingerprint density at radius 1 is 0.722 bits per heavy atom. The van der Waals surface area contributed by atoms with E-state index in [1.54, 1.807) is 11.3 Å². The highest BCUT2D eigenvalue weighted by Gasteiger charge is 2.12. The van der Waals surface area contributed by atoms with E-state index in [0.29, 0.717) is 0 Å². The monoisotopic (exact) mass is 288 g/mol. The zero-order valence-corrected chi connectivity index (χ0v) is 12.4. The molecular formula is C15H12S3. The minimum atomic E-state index is 1.35. The second-order valence-corrected chi connectivity index (χ2v) is 6.77. The molecule has 3 aromatic rings. The molecule has 0 saturated heterocycles. The van der Waals surface area contributed by atoms with Crippen molar-refractivity contribution in [1.29, 1.82) is 0 Å². The number of hydrogen-bond acceptors (Lipinski definition) is 3. The summed E-state index contributed by atoms with van der Waals surface area (Å²) in [6.07, 6.45) is 0. The van der Waals surface area contributed by atoms with Crippen LogP contribution in [0.3, 0.4) is 0 Å². The molecule has 0 N–H and O–H groups in total. The van der Waals surface area contributed by atoms with Gasteiger partial charge in [0.2, 0.25) is 0 Å². The summed E-state index contributed by atoms with van der Waals surface area (Å²) >= 11 is 5.42. The molecule has 0 aliphatic rings. The largest absolute Gasteiger partial charge is 0.144 e. The second kappa shape index (κ2) is 5.22. The molecule has 0 aliphatic heterocycles. The fourth-order valence-corrected chi connectivity index (χ4v) is 4.44.